The lowest BCUT2D eigenvalue weighted by atomic mass is 10.3. The second-order valence-electron chi connectivity index (χ2n) is 3.75. The zero-order valence-corrected chi connectivity index (χ0v) is 9.82. The molecule has 3 N–H and O–H groups in total. The van der Waals surface area contributed by atoms with Gasteiger partial charge < -0.3 is 20.1 Å². The summed E-state index contributed by atoms with van der Waals surface area (Å²) in [5.74, 6) is 1.56. The maximum atomic E-state index is 8.84. The lowest BCUT2D eigenvalue weighted by molar-refractivity contribution is 0.236. The molecule has 0 radical (unpaired) electrons. The second kappa shape index (κ2) is 6.13. The summed E-state index contributed by atoms with van der Waals surface area (Å²) < 4.78 is 10.4. The minimum absolute atomic E-state index is 0.220. The van der Waals surface area contributed by atoms with Gasteiger partial charge in [0.15, 0.2) is 5.82 Å². The average Bonchev–Trinajstić information content (AvgIpc) is 2.88. The van der Waals surface area contributed by atoms with E-state index in [0.717, 1.165) is 5.75 Å². The van der Waals surface area contributed by atoms with E-state index in [9.17, 15) is 0 Å². The van der Waals surface area contributed by atoms with E-state index >= 15 is 0 Å². The van der Waals surface area contributed by atoms with Crippen LogP contribution < -0.4 is 10.5 Å². The lowest BCUT2D eigenvalue weighted by Crippen LogP contribution is -2.14. The zero-order chi connectivity index (χ0) is 12.8. The number of para-hydroxylation sites is 1. The quantitative estimate of drug-likeness (QED) is 0.782. The number of aliphatic hydroxyl groups is 1. The van der Waals surface area contributed by atoms with Gasteiger partial charge in [-0.3, -0.25) is 0 Å². The Morgan fingerprint density at radius 1 is 1.33 bits per heavy atom. The van der Waals surface area contributed by atoms with Gasteiger partial charge in [-0.15, -0.1) is 0 Å². The first kappa shape index (κ1) is 12.5. The SMILES string of the molecule is N[C@H](CO)c1nc(CCOc2ccccc2)no1. The van der Waals surface area contributed by atoms with Crippen molar-refractivity contribution < 1.29 is 14.4 Å². The molecule has 0 amide bonds. The van der Waals surface area contributed by atoms with Gasteiger partial charge in [0.05, 0.1) is 13.2 Å². The normalized spacial score (nSPS) is 12.3. The van der Waals surface area contributed by atoms with E-state index in [0.29, 0.717) is 18.9 Å². The summed E-state index contributed by atoms with van der Waals surface area (Å²) in [6, 6.07) is 8.87. The molecule has 1 heterocycles. The van der Waals surface area contributed by atoms with Gasteiger partial charge in [-0.2, -0.15) is 4.98 Å². The molecule has 6 nitrogen and oxygen atoms in total. The smallest absolute Gasteiger partial charge is 0.245 e. The standard InChI is InChI=1S/C12H15N3O3/c13-10(8-16)12-14-11(15-18-12)6-7-17-9-4-2-1-3-5-9/h1-5,10,16H,6-8,13H2/t10-/m1/s1. The highest BCUT2D eigenvalue weighted by Gasteiger charge is 2.13. The van der Waals surface area contributed by atoms with Gasteiger partial charge in [-0.1, -0.05) is 23.4 Å². The topological polar surface area (TPSA) is 94.4 Å². The summed E-state index contributed by atoms with van der Waals surface area (Å²) in [5.41, 5.74) is 5.55. The molecule has 2 rings (SSSR count). The first-order valence-corrected chi connectivity index (χ1v) is 5.66. The number of hydrogen-bond donors (Lipinski definition) is 2. The van der Waals surface area contributed by atoms with Crippen LogP contribution in [0.15, 0.2) is 34.9 Å². The molecule has 2 aromatic rings. The van der Waals surface area contributed by atoms with Crippen LogP contribution in [0.2, 0.25) is 0 Å². The average molecular weight is 249 g/mol. The van der Waals surface area contributed by atoms with Crippen LogP contribution in [-0.4, -0.2) is 28.5 Å². The Morgan fingerprint density at radius 2 is 2.11 bits per heavy atom. The molecule has 0 aliphatic heterocycles. The van der Waals surface area contributed by atoms with E-state index in [1.54, 1.807) is 0 Å². The Labute approximate surface area is 104 Å². The van der Waals surface area contributed by atoms with Crippen LogP contribution in [0.3, 0.4) is 0 Å². The van der Waals surface area contributed by atoms with Crippen LogP contribution >= 0.6 is 0 Å². The number of benzene rings is 1. The number of nitrogens with two attached hydrogens (primary N) is 1. The summed E-state index contributed by atoms with van der Waals surface area (Å²) in [5, 5.41) is 12.6. The fraction of sp³-hybridized carbons (Fsp3) is 0.333. The van der Waals surface area contributed by atoms with Crippen LogP contribution in [0.5, 0.6) is 5.75 Å². The van der Waals surface area contributed by atoms with Crippen molar-refractivity contribution in [3.63, 3.8) is 0 Å². The molecule has 0 aliphatic carbocycles. The van der Waals surface area contributed by atoms with Crippen LogP contribution in [-0.2, 0) is 6.42 Å². The molecular weight excluding hydrogens is 234 g/mol. The molecule has 0 spiro atoms. The Balaban J connectivity index is 1.82. The monoisotopic (exact) mass is 249 g/mol. The predicted molar refractivity (Wildman–Crippen MR) is 64.0 cm³/mol. The maximum absolute atomic E-state index is 8.84. The van der Waals surface area contributed by atoms with Crippen LogP contribution in [0.25, 0.3) is 0 Å². The number of aromatic nitrogens is 2. The van der Waals surface area contributed by atoms with Gasteiger partial charge in [0, 0.05) is 6.42 Å². The number of aliphatic hydroxyl groups excluding tert-OH is 1. The molecule has 1 aromatic heterocycles. The number of rotatable bonds is 6. The summed E-state index contributed by atoms with van der Waals surface area (Å²) in [7, 11) is 0. The molecule has 18 heavy (non-hydrogen) atoms. The lowest BCUT2D eigenvalue weighted by Gasteiger charge is -2.03. The van der Waals surface area contributed by atoms with E-state index in [1.807, 2.05) is 30.3 Å². The van der Waals surface area contributed by atoms with Crippen molar-refractivity contribution in [3.05, 3.63) is 42.0 Å². The van der Waals surface area contributed by atoms with Gasteiger partial charge in [-0.25, -0.2) is 0 Å². The van der Waals surface area contributed by atoms with Crippen LogP contribution in [0.1, 0.15) is 17.8 Å². The largest absolute Gasteiger partial charge is 0.493 e. The first-order chi connectivity index (χ1) is 8.79. The zero-order valence-electron chi connectivity index (χ0n) is 9.82. The van der Waals surface area contributed by atoms with E-state index < -0.39 is 6.04 Å². The highest BCUT2D eigenvalue weighted by molar-refractivity contribution is 5.20. The molecule has 0 aliphatic rings. The van der Waals surface area contributed by atoms with Gasteiger partial charge in [-0.05, 0) is 12.1 Å². The molecule has 0 bridgehead atoms. The Kier molecular flexibility index (Phi) is 4.27. The summed E-state index contributed by atoms with van der Waals surface area (Å²) >= 11 is 0. The Bertz CT molecular complexity index is 472. The predicted octanol–water partition coefficient (Wildman–Crippen LogP) is 0.683. The fourth-order valence-electron chi connectivity index (χ4n) is 1.37. The molecule has 6 heteroatoms. The van der Waals surface area contributed by atoms with Crippen molar-refractivity contribution in [1.29, 1.82) is 0 Å². The second-order valence-corrected chi connectivity index (χ2v) is 3.75. The summed E-state index contributed by atoms with van der Waals surface area (Å²) in [4.78, 5) is 4.07. The highest BCUT2D eigenvalue weighted by atomic mass is 16.5. The number of hydrogen-bond acceptors (Lipinski definition) is 6. The summed E-state index contributed by atoms with van der Waals surface area (Å²) in [6.07, 6.45) is 0.524. The fourth-order valence-corrected chi connectivity index (χ4v) is 1.37. The van der Waals surface area contributed by atoms with Gasteiger partial charge >= 0.3 is 0 Å². The van der Waals surface area contributed by atoms with Crippen molar-refractivity contribution in [1.82, 2.24) is 10.1 Å². The van der Waals surface area contributed by atoms with Gasteiger partial charge in [0.1, 0.15) is 11.8 Å². The van der Waals surface area contributed by atoms with Crippen molar-refractivity contribution >= 4 is 0 Å². The summed E-state index contributed by atoms with van der Waals surface area (Å²) in [6.45, 7) is 0.236. The first-order valence-electron chi connectivity index (χ1n) is 5.66. The molecule has 0 fully saturated rings. The molecule has 1 aromatic carbocycles. The van der Waals surface area contributed by atoms with Crippen molar-refractivity contribution in [2.45, 2.75) is 12.5 Å². The van der Waals surface area contributed by atoms with E-state index in [4.69, 9.17) is 20.1 Å². The van der Waals surface area contributed by atoms with E-state index in [2.05, 4.69) is 10.1 Å². The Morgan fingerprint density at radius 3 is 2.83 bits per heavy atom. The third-order valence-corrected chi connectivity index (χ3v) is 2.34. The van der Waals surface area contributed by atoms with E-state index in [-0.39, 0.29) is 12.5 Å². The van der Waals surface area contributed by atoms with Crippen molar-refractivity contribution in [2.75, 3.05) is 13.2 Å². The molecule has 0 saturated heterocycles. The van der Waals surface area contributed by atoms with Crippen molar-refractivity contribution in [3.8, 4) is 5.75 Å². The number of nitrogens with zero attached hydrogens (tertiary/aromatic N) is 2. The van der Waals surface area contributed by atoms with Crippen LogP contribution in [0.4, 0.5) is 0 Å². The molecule has 0 saturated carbocycles. The Hall–Kier alpha value is -1.92. The highest BCUT2D eigenvalue weighted by Crippen LogP contribution is 2.10. The molecule has 1 atom stereocenters. The van der Waals surface area contributed by atoms with E-state index in [1.165, 1.54) is 0 Å². The third-order valence-electron chi connectivity index (χ3n) is 2.34. The minimum atomic E-state index is -0.624. The van der Waals surface area contributed by atoms with Crippen molar-refractivity contribution in [2.24, 2.45) is 5.73 Å². The molecule has 96 valence electrons. The van der Waals surface area contributed by atoms with Gasteiger partial charge in [0.25, 0.3) is 0 Å². The minimum Gasteiger partial charge on any atom is -0.493 e. The van der Waals surface area contributed by atoms with Gasteiger partial charge in [0.2, 0.25) is 5.89 Å². The number of ether oxygens (including phenoxy) is 1. The third kappa shape index (κ3) is 3.28. The van der Waals surface area contributed by atoms with Crippen LogP contribution in [0, 0.1) is 0 Å². The molecule has 0 unspecified atom stereocenters. The maximum Gasteiger partial charge on any atom is 0.245 e. The molecular formula is C12H15N3O3.